The van der Waals surface area contributed by atoms with Crippen LogP contribution in [0.25, 0.3) is 0 Å². The summed E-state index contributed by atoms with van der Waals surface area (Å²) in [5, 5.41) is 3.03. The topological polar surface area (TPSA) is 32.3 Å². The number of hydrogen-bond acceptors (Lipinski definition) is 2. The van der Waals surface area contributed by atoms with Crippen LogP contribution in [0, 0.1) is 0 Å². The highest BCUT2D eigenvalue weighted by Gasteiger charge is 2.15. The van der Waals surface area contributed by atoms with Crippen molar-refractivity contribution in [2.24, 2.45) is 0 Å². The minimum absolute atomic E-state index is 0. The molecular formula is C7H15ClN2O. The highest BCUT2D eigenvalue weighted by Crippen LogP contribution is 1.94. The Morgan fingerprint density at radius 1 is 1.64 bits per heavy atom. The molecule has 0 bridgehead atoms. The molecule has 1 aliphatic rings. The Hall–Kier alpha value is -0.280. The second kappa shape index (κ2) is 5.38. The number of amides is 1. The van der Waals surface area contributed by atoms with E-state index in [0.29, 0.717) is 6.54 Å². The summed E-state index contributed by atoms with van der Waals surface area (Å²) >= 11 is 0. The van der Waals surface area contributed by atoms with E-state index in [1.54, 1.807) is 0 Å². The summed E-state index contributed by atoms with van der Waals surface area (Å²) in [6.45, 7) is 5.37. The SMILES string of the molecule is CCCN1CCNCC1=O.Cl. The van der Waals surface area contributed by atoms with Gasteiger partial charge in [0.2, 0.25) is 5.91 Å². The van der Waals surface area contributed by atoms with Crippen LogP contribution in [-0.4, -0.2) is 37.0 Å². The van der Waals surface area contributed by atoms with E-state index in [1.807, 2.05) is 4.90 Å². The summed E-state index contributed by atoms with van der Waals surface area (Å²) in [6, 6.07) is 0. The molecule has 0 aliphatic carbocycles. The van der Waals surface area contributed by atoms with E-state index in [4.69, 9.17) is 0 Å². The molecule has 1 N–H and O–H groups in total. The Kier molecular flexibility index (Phi) is 5.24. The van der Waals surface area contributed by atoms with E-state index < -0.39 is 0 Å². The quantitative estimate of drug-likeness (QED) is 0.658. The lowest BCUT2D eigenvalue weighted by Crippen LogP contribution is -2.48. The van der Waals surface area contributed by atoms with Gasteiger partial charge in [0.1, 0.15) is 0 Å². The number of piperazine rings is 1. The van der Waals surface area contributed by atoms with Gasteiger partial charge in [-0.15, -0.1) is 12.4 Å². The largest absolute Gasteiger partial charge is 0.340 e. The maximum absolute atomic E-state index is 11.0. The van der Waals surface area contributed by atoms with Gasteiger partial charge in [0.15, 0.2) is 0 Å². The zero-order chi connectivity index (χ0) is 7.40. The van der Waals surface area contributed by atoms with E-state index in [1.165, 1.54) is 0 Å². The molecule has 1 fully saturated rings. The maximum Gasteiger partial charge on any atom is 0.236 e. The van der Waals surface area contributed by atoms with Crippen LogP contribution in [0.3, 0.4) is 0 Å². The van der Waals surface area contributed by atoms with Crippen molar-refractivity contribution >= 4 is 18.3 Å². The molecule has 66 valence electrons. The fraction of sp³-hybridized carbons (Fsp3) is 0.857. The van der Waals surface area contributed by atoms with E-state index in [2.05, 4.69) is 12.2 Å². The summed E-state index contributed by atoms with van der Waals surface area (Å²) in [4.78, 5) is 13.0. The fourth-order valence-electron chi connectivity index (χ4n) is 1.15. The highest BCUT2D eigenvalue weighted by atomic mass is 35.5. The van der Waals surface area contributed by atoms with Crippen LogP contribution in [0.1, 0.15) is 13.3 Å². The summed E-state index contributed by atoms with van der Waals surface area (Å²) in [6.07, 6.45) is 1.06. The van der Waals surface area contributed by atoms with Crippen molar-refractivity contribution in [2.45, 2.75) is 13.3 Å². The monoisotopic (exact) mass is 178 g/mol. The molecule has 0 radical (unpaired) electrons. The molecule has 0 aromatic carbocycles. The molecule has 1 amide bonds. The number of nitrogens with one attached hydrogen (secondary N) is 1. The molecule has 0 saturated carbocycles. The third-order valence-corrected chi connectivity index (χ3v) is 1.68. The Bertz CT molecular complexity index is 128. The molecule has 0 atom stereocenters. The van der Waals surface area contributed by atoms with E-state index in [0.717, 1.165) is 26.1 Å². The first-order valence-corrected chi connectivity index (χ1v) is 3.83. The van der Waals surface area contributed by atoms with Crippen LogP contribution in [0.15, 0.2) is 0 Å². The van der Waals surface area contributed by atoms with Crippen LogP contribution in [0.4, 0.5) is 0 Å². The molecule has 0 spiro atoms. The van der Waals surface area contributed by atoms with E-state index in [9.17, 15) is 4.79 Å². The Balaban J connectivity index is 0.000001000. The zero-order valence-electron chi connectivity index (χ0n) is 6.80. The molecule has 0 unspecified atom stereocenters. The lowest BCUT2D eigenvalue weighted by molar-refractivity contribution is -0.131. The molecule has 1 rings (SSSR count). The van der Waals surface area contributed by atoms with E-state index in [-0.39, 0.29) is 18.3 Å². The van der Waals surface area contributed by atoms with Crippen molar-refractivity contribution in [1.29, 1.82) is 0 Å². The standard InChI is InChI=1S/C7H14N2O.ClH/c1-2-4-9-5-3-8-6-7(9)10;/h8H,2-6H2,1H3;1H. The Labute approximate surface area is 73.5 Å². The Morgan fingerprint density at radius 2 is 2.36 bits per heavy atom. The van der Waals surface area contributed by atoms with Gasteiger partial charge in [0.05, 0.1) is 6.54 Å². The Morgan fingerprint density at radius 3 is 2.91 bits per heavy atom. The molecule has 1 saturated heterocycles. The summed E-state index contributed by atoms with van der Waals surface area (Å²) in [5.74, 6) is 0.244. The first kappa shape index (κ1) is 10.7. The molecule has 11 heavy (non-hydrogen) atoms. The number of carbonyl (C=O) groups is 1. The van der Waals surface area contributed by atoms with E-state index >= 15 is 0 Å². The number of halogens is 1. The van der Waals surface area contributed by atoms with Crippen molar-refractivity contribution in [3.63, 3.8) is 0 Å². The van der Waals surface area contributed by atoms with Crippen LogP contribution in [0.5, 0.6) is 0 Å². The van der Waals surface area contributed by atoms with Gasteiger partial charge in [-0.1, -0.05) is 6.92 Å². The first-order valence-electron chi connectivity index (χ1n) is 3.83. The van der Waals surface area contributed by atoms with Crippen molar-refractivity contribution in [3.05, 3.63) is 0 Å². The van der Waals surface area contributed by atoms with Crippen LogP contribution in [0.2, 0.25) is 0 Å². The smallest absolute Gasteiger partial charge is 0.236 e. The minimum atomic E-state index is 0. The first-order chi connectivity index (χ1) is 4.84. The molecule has 1 heterocycles. The highest BCUT2D eigenvalue weighted by molar-refractivity contribution is 5.85. The second-order valence-electron chi connectivity index (χ2n) is 2.56. The maximum atomic E-state index is 11.0. The summed E-state index contributed by atoms with van der Waals surface area (Å²) in [7, 11) is 0. The van der Waals surface area contributed by atoms with Gasteiger partial charge in [0.25, 0.3) is 0 Å². The number of rotatable bonds is 2. The fourth-order valence-corrected chi connectivity index (χ4v) is 1.15. The van der Waals surface area contributed by atoms with Gasteiger partial charge >= 0.3 is 0 Å². The van der Waals surface area contributed by atoms with Gasteiger partial charge in [-0.3, -0.25) is 4.79 Å². The molecule has 3 nitrogen and oxygen atoms in total. The summed E-state index contributed by atoms with van der Waals surface area (Å²) < 4.78 is 0. The van der Waals surface area contributed by atoms with Gasteiger partial charge in [-0.25, -0.2) is 0 Å². The zero-order valence-corrected chi connectivity index (χ0v) is 7.62. The number of carbonyl (C=O) groups excluding carboxylic acids is 1. The predicted octanol–water partition coefficient (Wildman–Crippen LogP) is 0.250. The van der Waals surface area contributed by atoms with Gasteiger partial charge in [-0.2, -0.15) is 0 Å². The van der Waals surface area contributed by atoms with Crippen molar-refractivity contribution in [2.75, 3.05) is 26.2 Å². The third kappa shape index (κ3) is 3.08. The van der Waals surface area contributed by atoms with Crippen molar-refractivity contribution in [1.82, 2.24) is 10.2 Å². The van der Waals surface area contributed by atoms with Crippen LogP contribution in [-0.2, 0) is 4.79 Å². The molecule has 0 aromatic rings. The molecule has 4 heteroatoms. The van der Waals surface area contributed by atoms with Gasteiger partial charge < -0.3 is 10.2 Å². The lowest BCUT2D eigenvalue weighted by atomic mass is 10.3. The normalized spacial score (nSPS) is 17.9. The minimum Gasteiger partial charge on any atom is -0.340 e. The van der Waals surface area contributed by atoms with Crippen LogP contribution >= 0.6 is 12.4 Å². The summed E-state index contributed by atoms with van der Waals surface area (Å²) in [5.41, 5.74) is 0. The lowest BCUT2D eigenvalue weighted by Gasteiger charge is -2.26. The van der Waals surface area contributed by atoms with Crippen molar-refractivity contribution in [3.8, 4) is 0 Å². The second-order valence-corrected chi connectivity index (χ2v) is 2.56. The third-order valence-electron chi connectivity index (χ3n) is 1.68. The number of nitrogens with zero attached hydrogens (tertiary/aromatic N) is 1. The van der Waals surface area contributed by atoms with Crippen molar-refractivity contribution < 1.29 is 4.79 Å². The van der Waals surface area contributed by atoms with Crippen LogP contribution < -0.4 is 5.32 Å². The molecule has 0 aromatic heterocycles. The predicted molar refractivity (Wildman–Crippen MR) is 47.0 cm³/mol. The number of hydrogen-bond donors (Lipinski definition) is 1. The molecular weight excluding hydrogens is 164 g/mol. The molecule has 1 aliphatic heterocycles. The average Bonchev–Trinajstić information content (AvgIpc) is 1.94. The average molecular weight is 179 g/mol. The van der Waals surface area contributed by atoms with Gasteiger partial charge in [-0.05, 0) is 6.42 Å². The van der Waals surface area contributed by atoms with Gasteiger partial charge in [0, 0.05) is 19.6 Å².